The lowest BCUT2D eigenvalue weighted by molar-refractivity contribution is -0.103. The molecule has 1 aromatic carbocycles. The Morgan fingerprint density at radius 3 is 2.55 bits per heavy atom. The Balaban J connectivity index is 1.49. The number of aryl methyl sites for hydroxylation is 2. The molecule has 2 atom stereocenters. The van der Waals surface area contributed by atoms with Crippen LogP contribution in [0.15, 0.2) is 30.6 Å². The summed E-state index contributed by atoms with van der Waals surface area (Å²) in [5.74, 6) is 2.57. The molecule has 4 bridgehead atoms. The molecule has 0 radical (unpaired) electrons. The van der Waals surface area contributed by atoms with Gasteiger partial charge in [0.15, 0.2) is 5.82 Å². The molecule has 2 aromatic heterocycles. The second kappa shape index (κ2) is 5.74. The Labute approximate surface area is 169 Å². The van der Waals surface area contributed by atoms with Gasteiger partial charge in [0.1, 0.15) is 11.6 Å². The van der Waals surface area contributed by atoms with Gasteiger partial charge in [-0.3, -0.25) is 0 Å². The molecular weight excluding hydrogens is 367 g/mol. The maximum absolute atomic E-state index is 15.0. The first kappa shape index (κ1) is 17.3. The normalized spacial score (nSPS) is 32.8. The van der Waals surface area contributed by atoms with Crippen molar-refractivity contribution in [2.75, 3.05) is 0 Å². The molecule has 0 spiro atoms. The van der Waals surface area contributed by atoms with Crippen LogP contribution in [-0.4, -0.2) is 29.8 Å². The molecule has 2 unspecified atom stereocenters. The van der Waals surface area contributed by atoms with Crippen molar-refractivity contribution in [2.45, 2.75) is 63.5 Å². The highest BCUT2D eigenvalue weighted by Crippen LogP contribution is 2.63. The number of tetrazole rings is 1. The van der Waals surface area contributed by atoms with Crippen LogP contribution in [0.5, 0.6) is 0 Å². The average molecular weight is 392 g/mol. The third kappa shape index (κ3) is 2.39. The van der Waals surface area contributed by atoms with E-state index in [-0.39, 0.29) is 16.9 Å². The highest BCUT2D eigenvalue weighted by atomic mass is 19.1. The zero-order valence-electron chi connectivity index (χ0n) is 16.8. The molecular formula is C22H25FN6. The average Bonchev–Trinajstić information content (AvgIpc) is 3.33. The molecule has 6 nitrogen and oxygen atoms in total. The van der Waals surface area contributed by atoms with Gasteiger partial charge in [0.2, 0.25) is 0 Å². The monoisotopic (exact) mass is 392 g/mol. The van der Waals surface area contributed by atoms with Crippen molar-refractivity contribution in [1.82, 2.24) is 29.8 Å². The fourth-order valence-corrected chi connectivity index (χ4v) is 6.87. The van der Waals surface area contributed by atoms with Gasteiger partial charge < -0.3 is 4.57 Å². The fraction of sp³-hybridized carbons (Fsp3) is 0.545. The second-order valence-corrected chi connectivity index (χ2v) is 9.59. The number of halogens is 1. The van der Waals surface area contributed by atoms with Gasteiger partial charge in [-0.2, -0.15) is 4.80 Å². The lowest BCUT2D eigenvalue weighted by Gasteiger charge is -2.61. The van der Waals surface area contributed by atoms with E-state index in [1.54, 1.807) is 0 Å². The summed E-state index contributed by atoms with van der Waals surface area (Å²) in [4.78, 5) is 6.52. The first-order valence-corrected chi connectivity index (χ1v) is 10.5. The Morgan fingerprint density at radius 1 is 1.07 bits per heavy atom. The summed E-state index contributed by atoms with van der Waals surface area (Å²) >= 11 is 0. The Kier molecular flexibility index (Phi) is 3.42. The van der Waals surface area contributed by atoms with Crippen molar-refractivity contribution in [3.05, 3.63) is 47.8 Å². The van der Waals surface area contributed by atoms with Gasteiger partial charge in [0.25, 0.3) is 0 Å². The minimum Gasteiger partial charge on any atom is -0.325 e. The smallest absolute Gasteiger partial charge is 0.171 e. The van der Waals surface area contributed by atoms with Gasteiger partial charge in [-0.05, 0) is 81.1 Å². The third-order valence-electron chi connectivity index (χ3n) is 7.52. The van der Waals surface area contributed by atoms with Crippen molar-refractivity contribution >= 4 is 0 Å². The predicted molar refractivity (Wildman–Crippen MR) is 106 cm³/mol. The van der Waals surface area contributed by atoms with Gasteiger partial charge in [-0.15, -0.1) is 10.2 Å². The number of nitrogens with zero attached hydrogens (tertiary/aromatic N) is 6. The maximum Gasteiger partial charge on any atom is 0.171 e. The topological polar surface area (TPSA) is 61.4 Å². The summed E-state index contributed by atoms with van der Waals surface area (Å²) < 4.78 is 17.3. The van der Waals surface area contributed by atoms with Gasteiger partial charge in [-0.25, -0.2) is 9.37 Å². The van der Waals surface area contributed by atoms with Gasteiger partial charge in [-0.1, -0.05) is 12.1 Å². The molecule has 3 aromatic rings. The summed E-state index contributed by atoms with van der Waals surface area (Å²) in [7, 11) is 0. The van der Waals surface area contributed by atoms with Crippen molar-refractivity contribution in [3.8, 4) is 11.4 Å². The Morgan fingerprint density at radius 2 is 1.83 bits per heavy atom. The van der Waals surface area contributed by atoms with Crippen molar-refractivity contribution in [2.24, 2.45) is 11.8 Å². The van der Waals surface area contributed by atoms with E-state index in [4.69, 9.17) is 0 Å². The molecule has 4 fully saturated rings. The first-order valence-electron chi connectivity index (χ1n) is 10.5. The number of rotatable bonds is 3. The summed E-state index contributed by atoms with van der Waals surface area (Å²) in [6.45, 7) is 3.71. The minimum atomic E-state index is -0.173. The largest absolute Gasteiger partial charge is 0.325 e. The molecule has 4 aliphatic rings. The van der Waals surface area contributed by atoms with E-state index in [0.717, 1.165) is 43.8 Å². The Hall–Kier alpha value is -2.57. The molecule has 7 heteroatoms. The highest BCUT2D eigenvalue weighted by molar-refractivity contribution is 5.58. The van der Waals surface area contributed by atoms with Crippen LogP contribution in [0.4, 0.5) is 4.39 Å². The lowest BCUT2D eigenvalue weighted by atomic mass is 9.50. The van der Waals surface area contributed by atoms with E-state index in [2.05, 4.69) is 31.2 Å². The van der Waals surface area contributed by atoms with Crippen LogP contribution in [0, 0.1) is 31.5 Å². The molecule has 7 rings (SSSR count). The first-order chi connectivity index (χ1) is 14.0. The predicted octanol–water partition coefficient (Wildman–Crippen LogP) is 4.00. The summed E-state index contributed by atoms with van der Waals surface area (Å²) in [6, 6.07) is 5.57. The fourth-order valence-electron chi connectivity index (χ4n) is 6.87. The van der Waals surface area contributed by atoms with E-state index in [1.807, 2.05) is 43.0 Å². The number of imidazole rings is 1. The zero-order chi connectivity index (χ0) is 19.8. The van der Waals surface area contributed by atoms with Crippen LogP contribution in [-0.2, 0) is 11.1 Å². The van der Waals surface area contributed by atoms with Gasteiger partial charge in [0, 0.05) is 17.9 Å². The molecule has 0 N–H and O–H groups in total. The molecule has 2 heterocycles. The van der Waals surface area contributed by atoms with Crippen molar-refractivity contribution in [3.63, 3.8) is 0 Å². The third-order valence-corrected chi connectivity index (χ3v) is 7.52. The molecule has 150 valence electrons. The maximum atomic E-state index is 15.0. The standard InChI is InChI=1S/C22H25FN6/c1-14-4-3-5-18(19(14)23)20-24-6-7-28(20)21-9-16-8-17(10-21)12-22(11-16,13-21)29-26-15(2)25-27-29/h3-7,16-17H,8-13H2,1-2H3. The van der Waals surface area contributed by atoms with Crippen LogP contribution < -0.4 is 0 Å². The van der Waals surface area contributed by atoms with Gasteiger partial charge >= 0.3 is 0 Å². The quantitative estimate of drug-likeness (QED) is 0.676. The van der Waals surface area contributed by atoms with Crippen molar-refractivity contribution < 1.29 is 4.39 Å². The molecule has 4 aliphatic carbocycles. The SMILES string of the molecule is Cc1nnn(C23CC4CC(C2)CC(n2ccnc2-c2cccc(C)c2F)(C4)C3)n1. The van der Waals surface area contributed by atoms with E-state index in [9.17, 15) is 4.39 Å². The molecule has 0 aliphatic heterocycles. The number of hydrogen-bond acceptors (Lipinski definition) is 4. The summed E-state index contributed by atoms with van der Waals surface area (Å²) in [5.41, 5.74) is 1.10. The van der Waals surface area contributed by atoms with Crippen LogP contribution in [0.25, 0.3) is 11.4 Å². The second-order valence-electron chi connectivity index (χ2n) is 9.59. The van der Waals surface area contributed by atoms with E-state index < -0.39 is 0 Å². The van der Waals surface area contributed by atoms with Gasteiger partial charge in [0.05, 0.1) is 11.1 Å². The molecule has 29 heavy (non-hydrogen) atoms. The van der Waals surface area contributed by atoms with E-state index in [0.29, 0.717) is 23.0 Å². The highest BCUT2D eigenvalue weighted by Gasteiger charge is 2.60. The number of hydrogen-bond donors (Lipinski definition) is 0. The molecule has 0 saturated heterocycles. The Bertz CT molecular complexity index is 1080. The molecule has 0 amide bonds. The zero-order valence-corrected chi connectivity index (χ0v) is 16.8. The van der Waals surface area contributed by atoms with Crippen molar-refractivity contribution in [1.29, 1.82) is 0 Å². The van der Waals surface area contributed by atoms with Crippen LogP contribution in [0.3, 0.4) is 0 Å². The minimum absolute atomic E-state index is 0.0619. The van der Waals surface area contributed by atoms with E-state index >= 15 is 0 Å². The molecule has 4 saturated carbocycles. The van der Waals surface area contributed by atoms with Crippen LogP contribution in [0.1, 0.15) is 49.9 Å². The lowest BCUT2D eigenvalue weighted by Crippen LogP contribution is -2.60. The number of benzene rings is 1. The van der Waals surface area contributed by atoms with E-state index in [1.165, 1.54) is 6.42 Å². The number of aromatic nitrogens is 6. The summed E-state index contributed by atoms with van der Waals surface area (Å²) in [6.07, 6.45) is 10.6. The van der Waals surface area contributed by atoms with Crippen LogP contribution >= 0.6 is 0 Å². The summed E-state index contributed by atoms with van der Waals surface area (Å²) in [5, 5.41) is 13.2. The van der Waals surface area contributed by atoms with Crippen LogP contribution in [0.2, 0.25) is 0 Å².